The largest absolute Gasteiger partial charge is 0.364 e. The molecule has 124 valence electrons. The Bertz CT molecular complexity index is 823. The van der Waals surface area contributed by atoms with Gasteiger partial charge < -0.3 is 9.84 Å². The summed E-state index contributed by atoms with van der Waals surface area (Å²) < 4.78 is 5.78. The van der Waals surface area contributed by atoms with Gasteiger partial charge in [-0.05, 0) is 60.7 Å². The number of aryl methyl sites for hydroxylation is 3. The SMILES string of the molecule is Cc1cc2c(cc1C=O)C(O)OC(c1cc(C=O)c(C)cc1C)C2. The summed E-state index contributed by atoms with van der Waals surface area (Å²) in [5.41, 5.74) is 6.54. The van der Waals surface area contributed by atoms with Crippen molar-refractivity contribution in [2.75, 3.05) is 0 Å². The predicted octanol–water partition coefficient (Wildman–Crippen LogP) is 3.54. The Balaban J connectivity index is 2.04. The van der Waals surface area contributed by atoms with Gasteiger partial charge in [0.25, 0.3) is 0 Å². The second kappa shape index (κ2) is 6.30. The summed E-state index contributed by atoms with van der Waals surface area (Å²) >= 11 is 0. The molecule has 0 aromatic heterocycles. The van der Waals surface area contributed by atoms with Crippen molar-refractivity contribution in [3.63, 3.8) is 0 Å². The molecule has 0 aliphatic carbocycles. The highest BCUT2D eigenvalue weighted by molar-refractivity contribution is 5.78. The summed E-state index contributed by atoms with van der Waals surface area (Å²) in [7, 11) is 0. The van der Waals surface area contributed by atoms with Gasteiger partial charge in [-0.15, -0.1) is 0 Å². The average Bonchev–Trinajstić information content (AvgIpc) is 2.54. The minimum Gasteiger partial charge on any atom is -0.364 e. The third kappa shape index (κ3) is 2.79. The van der Waals surface area contributed by atoms with Crippen molar-refractivity contribution in [2.24, 2.45) is 0 Å². The molecule has 0 amide bonds. The lowest BCUT2D eigenvalue weighted by Crippen LogP contribution is -2.21. The van der Waals surface area contributed by atoms with E-state index >= 15 is 0 Å². The fourth-order valence-electron chi connectivity index (χ4n) is 3.36. The van der Waals surface area contributed by atoms with Crippen molar-refractivity contribution in [3.05, 3.63) is 68.8 Å². The highest BCUT2D eigenvalue weighted by Gasteiger charge is 2.29. The maximum absolute atomic E-state index is 11.2. The number of hydrogen-bond donors (Lipinski definition) is 1. The number of hydrogen-bond acceptors (Lipinski definition) is 4. The summed E-state index contributed by atoms with van der Waals surface area (Å²) in [6, 6.07) is 7.43. The molecule has 2 atom stereocenters. The van der Waals surface area contributed by atoms with E-state index in [0.717, 1.165) is 40.4 Å². The van der Waals surface area contributed by atoms with Crippen molar-refractivity contribution in [3.8, 4) is 0 Å². The first kappa shape index (κ1) is 16.6. The molecule has 0 saturated heterocycles. The molecule has 2 unspecified atom stereocenters. The Hall–Kier alpha value is -2.30. The van der Waals surface area contributed by atoms with Crippen LogP contribution in [0.2, 0.25) is 0 Å². The van der Waals surface area contributed by atoms with Crippen molar-refractivity contribution in [1.82, 2.24) is 0 Å². The molecule has 4 nitrogen and oxygen atoms in total. The normalized spacial score (nSPS) is 19.7. The van der Waals surface area contributed by atoms with Gasteiger partial charge in [-0.1, -0.05) is 12.1 Å². The topological polar surface area (TPSA) is 63.6 Å². The van der Waals surface area contributed by atoms with E-state index in [0.29, 0.717) is 23.1 Å². The quantitative estimate of drug-likeness (QED) is 0.877. The van der Waals surface area contributed by atoms with Gasteiger partial charge in [-0.2, -0.15) is 0 Å². The van der Waals surface area contributed by atoms with Crippen LogP contribution in [0.25, 0.3) is 0 Å². The van der Waals surface area contributed by atoms with Gasteiger partial charge in [-0.25, -0.2) is 0 Å². The van der Waals surface area contributed by atoms with E-state index in [1.54, 1.807) is 6.07 Å². The number of aldehydes is 2. The van der Waals surface area contributed by atoms with E-state index in [9.17, 15) is 14.7 Å². The molecule has 0 fully saturated rings. The molecule has 1 aliphatic heterocycles. The van der Waals surface area contributed by atoms with Gasteiger partial charge >= 0.3 is 0 Å². The molecule has 1 heterocycles. The van der Waals surface area contributed by atoms with Crippen molar-refractivity contribution in [1.29, 1.82) is 0 Å². The molecule has 1 N–H and O–H groups in total. The van der Waals surface area contributed by atoms with Crippen LogP contribution >= 0.6 is 0 Å². The molecular weight excluding hydrogens is 304 g/mol. The van der Waals surface area contributed by atoms with Crippen LogP contribution in [0.5, 0.6) is 0 Å². The lowest BCUT2D eigenvalue weighted by molar-refractivity contribution is -0.151. The number of ether oxygens (including phenoxy) is 1. The number of aliphatic hydroxyl groups excluding tert-OH is 1. The molecule has 2 aromatic carbocycles. The second-order valence-corrected chi connectivity index (χ2v) is 6.39. The van der Waals surface area contributed by atoms with Crippen molar-refractivity contribution < 1.29 is 19.4 Å². The smallest absolute Gasteiger partial charge is 0.182 e. The summed E-state index contributed by atoms with van der Waals surface area (Å²) in [5.74, 6) is 0. The van der Waals surface area contributed by atoms with Crippen molar-refractivity contribution >= 4 is 12.6 Å². The Morgan fingerprint density at radius 2 is 1.50 bits per heavy atom. The summed E-state index contributed by atoms with van der Waals surface area (Å²) in [6.07, 6.45) is 0.807. The fourth-order valence-corrected chi connectivity index (χ4v) is 3.36. The summed E-state index contributed by atoms with van der Waals surface area (Å²) in [6.45, 7) is 5.75. The molecule has 24 heavy (non-hydrogen) atoms. The van der Waals surface area contributed by atoms with Crippen LogP contribution in [0, 0.1) is 20.8 Å². The van der Waals surface area contributed by atoms with Crippen molar-refractivity contribution in [2.45, 2.75) is 39.6 Å². The fraction of sp³-hybridized carbons (Fsp3) is 0.300. The van der Waals surface area contributed by atoms with E-state index in [1.807, 2.05) is 39.0 Å². The Morgan fingerprint density at radius 1 is 0.917 bits per heavy atom. The van der Waals surface area contributed by atoms with Gasteiger partial charge in [0.1, 0.15) is 12.6 Å². The third-order valence-electron chi connectivity index (χ3n) is 4.75. The Morgan fingerprint density at radius 3 is 2.12 bits per heavy atom. The van der Waals surface area contributed by atoms with Gasteiger partial charge in [-0.3, -0.25) is 9.59 Å². The van der Waals surface area contributed by atoms with E-state index in [-0.39, 0.29) is 6.10 Å². The van der Waals surface area contributed by atoms with E-state index in [4.69, 9.17) is 4.74 Å². The highest BCUT2D eigenvalue weighted by Crippen LogP contribution is 2.38. The summed E-state index contributed by atoms with van der Waals surface area (Å²) in [4.78, 5) is 22.3. The summed E-state index contributed by atoms with van der Waals surface area (Å²) in [5, 5.41) is 10.4. The maximum atomic E-state index is 11.2. The number of aliphatic hydroxyl groups is 1. The zero-order chi connectivity index (χ0) is 17.4. The van der Waals surface area contributed by atoms with Gasteiger partial charge in [0, 0.05) is 23.1 Å². The van der Waals surface area contributed by atoms with Crippen LogP contribution in [-0.4, -0.2) is 17.7 Å². The molecule has 3 rings (SSSR count). The van der Waals surface area contributed by atoms with Gasteiger partial charge in [0.2, 0.25) is 0 Å². The third-order valence-corrected chi connectivity index (χ3v) is 4.75. The first-order chi connectivity index (χ1) is 11.4. The molecule has 4 heteroatoms. The lowest BCUT2D eigenvalue weighted by Gasteiger charge is -2.31. The van der Waals surface area contributed by atoms with Gasteiger partial charge in [0.15, 0.2) is 6.29 Å². The number of benzene rings is 2. The standard InChI is InChI=1S/C20H20O4/c1-11-4-13(3)17(6-15(11)9-21)19-8-14-5-12(2)16(10-22)7-18(14)20(23)24-19/h4-7,9-10,19-20,23H,8H2,1-3H3. The average molecular weight is 324 g/mol. The molecule has 0 radical (unpaired) electrons. The number of fused-ring (bicyclic) bond motifs is 1. The number of carbonyl (C=O) groups is 2. The van der Waals surface area contributed by atoms with E-state index in [2.05, 4.69) is 0 Å². The van der Waals surface area contributed by atoms with Crippen LogP contribution < -0.4 is 0 Å². The van der Waals surface area contributed by atoms with Crippen LogP contribution in [0.3, 0.4) is 0 Å². The maximum Gasteiger partial charge on any atom is 0.182 e. The number of rotatable bonds is 3. The zero-order valence-electron chi connectivity index (χ0n) is 14.0. The predicted molar refractivity (Wildman–Crippen MR) is 90.4 cm³/mol. The van der Waals surface area contributed by atoms with Crippen LogP contribution in [0.4, 0.5) is 0 Å². The zero-order valence-corrected chi connectivity index (χ0v) is 14.0. The lowest BCUT2D eigenvalue weighted by atomic mass is 9.88. The second-order valence-electron chi connectivity index (χ2n) is 6.39. The molecular formula is C20H20O4. The van der Waals surface area contributed by atoms with Crippen LogP contribution in [0.1, 0.15) is 66.5 Å². The molecule has 0 bridgehead atoms. The molecule has 0 saturated carbocycles. The van der Waals surface area contributed by atoms with Gasteiger partial charge in [0.05, 0.1) is 6.10 Å². The van der Waals surface area contributed by atoms with E-state index in [1.165, 1.54) is 0 Å². The Labute approximate surface area is 141 Å². The molecule has 2 aromatic rings. The van der Waals surface area contributed by atoms with E-state index < -0.39 is 6.29 Å². The van der Waals surface area contributed by atoms with Crippen LogP contribution in [0.15, 0.2) is 24.3 Å². The first-order valence-corrected chi connectivity index (χ1v) is 7.93. The minimum absolute atomic E-state index is 0.326. The number of carbonyl (C=O) groups excluding carboxylic acids is 2. The Kier molecular flexibility index (Phi) is 4.35. The highest BCUT2D eigenvalue weighted by atomic mass is 16.6. The molecule has 1 aliphatic rings. The minimum atomic E-state index is -1.08. The molecule has 0 spiro atoms. The van der Waals surface area contributed by atoms with Crippen LogP contribution in [-0.2, 0) is 11.2 Å². The monoisotopic (exact) mass is 324 g/mol. The first-order valence-electron chi connectivity index (χ1n) is 7.93.